The molecule has 0 unspecified atom stereocenters. The summed E-state index contributed by atoms with van der Waals surface area (Å²) >= 11 is 1.60. The molecule has 156 valence electrons. The van der Waals surface area contributed by atoms with Crippen LogP contribution in [0.5, 0.6) is 11.5 Å². The second-order valence-electron chi connectivity index (χ2n) is 6.07. The topological polar surface area (TPSA) is 131 Å². The van der Waals surface area contributed by atoms with E-state index in [4.69, 9.17) is 15.7 Å². The van der Waals surface area contributed by atoms with Crippen molar-refractivity contribution in [1.29, 1.82) is 0 Å². The molecule has 0 spiro atoms. The minimum absolute atomic E-state index is 0.0150. The monoisotopic (exact) mass is 412 g/mol. The Balaban J connectivity index is 2.32. The largest absolute Gasteiger partial charge is 0.507 e. The zero-order valence-corrected chi connectivity index (χ0v) is 17.1. The highest BCUT2D eigenvalue weighted by Crippen LogP contribution is 2.33. The van der Waals surface area contributed by atoms with Gasteiger partial charge in [-0.1, -0.05) is 13.3 Å². The molecule has 0 saturated heterocycles. The zero-order valence-electron chi connectivity index (χ0n) is 16.3. The van der Waals surface area contributed by atoms with E-state index in [9.17, 15) is 14.7 Å². The quantitative estimate of drug-likeness (QED) is 0.0908. The maximum absolute atomic E-state index is 11.6. The first kappa shape index (κ1) is 23.6. The number of nitrogens with zero attached hydrogens (tertiary/aromatic N) is 1. The third-order valence-corrected chi connectivity index (χ3v) is 4.90. The lowest BCUT2D eigenvalue weighted by Gasteiger charge is -2.14. The van der Waals surface area contributed by atoms with Crippen LogP contribution in [0.25, 0.3) is 0 Å². The number of phenolic OH excluding ortho intramolecular Hbond substituents is 1. The fourth-order valence-electron chi connectivity index (χ4n) is 2.46. The number of carbonyl (C=O) groups excluding carboxylic acids is 2. The van der Waals surface area contributed by atoms with Crippen molar-refractivity contribution in [2.24, 2.45) is 10.9 Å². The number of aromatic hydroxyl groups is 1. The molecule has 0 aliphatic heterocycles. The first-order chi connectivity index (χ1) is 13.4. The molecule has 0 amide bonds. The number of benzene rings is 1. The number of unbranched alkanes of at least 4 members (excludes halogenated alkanes) is 1. The van der Waals surface area contributed by atoms with Crippen molar-refractivity contribution in [2.75, 3.05) is 18.1 Å². The fourth-order valence-corrected chi connectivity index (χ4v) is 3.39. The summed E-state index contributed by atoms with van der Waals surface area (Å²) in [6.45, 7) is 3.93. The fraction of sp³-hybridized carbons (Fsp3) is 0.526. The summed E-state index contributed by atoms with van der Waals surface area (Å²) in [6.07, 6.45) is 3.38. The standard InChI is InChI=1S/C19H28N2O6S/c1-3-6-15-16(8-7-14(13(2)22)18(15)24)26-10-4-5-11-28-12-9-17(23)27-19(20)21-25/h7-8,24-25H,3-6,9-12H2,1-2H3,(H2,20,21). The molecule has 0 aliphatic carbocycles. The first-order valence-corrected chi connectivity index (χ1v) is 10.3. The molecule has 9 heteroatoms. The number of Topliss-reactive ketones (excluding diaryl/α,β-unsaturated/α-hetero) is 1. The summed E-state index contributed by atoms with van der Waals surface area (Å²) in [5.41, 5.74) is 6.06. The van der Waals surface area contributed by atoms with Gasteiger partial charge >= 0.3 is 12.0 Å². The molecule has 0 aliphatic rings. The number of phenols is 1. The molecular weight excluding hydrogens is 384 g/mol. The molecule has 0 atom stereocenters. The molecule has 1 rings (SSSR count). The number of ketones is 1. The molecular formula is C19H28N2O6S. The molecule has 8 nitrogen and oxygen atoms in total. The van der Waals surface area contributed by atoms with Crippen LogP contribution < -0.4 is 10.5 Å². The first-order valence-electron chi connectivity index (χ1n) is 9.15. The number of rotatable bonds is 12. The number of hydrogen-bond donors (Lipinski definition) is 3. The number of ether oxygens (including phenoxy) is 2. The summed E-state index contributed by atoms with van der Waals surface area (Å²) < 4.78 is 10.3. The van der Waals surface area contributed by atoms with Gasteiger partial charge in [0.25, 0.3) is 0 Å². The van der Waals surface area contributed by atoms with Gasteiger partial charge in [-0.15, -0.1) is 0 Å². The van der Waals surface area contributed by atoms with Crippen LogP contribution in [0.1, 0.15) is 55.5 Å². The SMILES string of the molecule is CCCc1c(OCCCCSCCC(=O)O/C(N)=N/O)ccc(C(C)=O)c1O. The molecule has 0 fully saturated rings. The average Bonchev–Trinajstić information content (AvgIpc) is 2.65. The lowest BCUT2D eigenvalue weighted by molar-refractivity contribution is -0.135. The van der Waals surface area contributed by atoms with Crippen LogP contribution in [-0.4, -0.2) is 46.2 Å². The Morgan fingerprint density at radius 3 is 2.64 bits per heavy atom. The zero-order chi connectivity index (χ0) is 20.9. The van der Waals surface area contributed by atoms with Gasteiger partial charge < -0.3 is 25.5 Å². The summed E-state index contributed by atoms with van der Waals surface area (Å²) in [5, 5.41) is 21.2. The van der Waals surface area contributed by atoms with E-state index in [0.29, 0.717) is 35.7 Å². The van der Waals surface area contributed by atoms with Gasteiger partial charge in [0.05, 0.1) is 18.6 Å². The van der Waals surface area contributed by atoms with Crippen LogP contribution in [0, 0.1) is 0 Å². The van der Waals surface area contributed by atoms with Crippen molar-refractivity contribution in [2.45, 2.75) is 46.0 Å². The Morgan fingerprint density at radius 1 is 1.25 bits per heavy atom. The van der Waals surface area contributed by atoms with E-state index in [2.05, 4.69) is 9.89 Å². The van der Waals surface area contributed by atoms with Crippen LogP contribution in [-0.2, 0) is 16.0 Å². The van der Waals surface area contributed by atoms with E-state index in [-0.39, 0.29) is 18.0 Å². The molecule has 0 radical (unpaired) electrons. The highest BCUT2D eigenvalue weighted by atomic mass is 32.2. The van der Waals surface area contributed by atoms with Gasteiger partial charge in [-0.2, -0.15) is 11.8 Å². The number of carbonyl (C=O) groups is 2. The van der Waals surface area contributed by atoms with Crippen molar-refractivity contribution >= 4 is 29.5 Å². The molecule has 4 N–H and O–H groups in total. The Hall–Kier alpha value is -2.42. The number of esters is 1. The van der Waals surface area contributed by atoms with E-state index in [1.165, 1.54) is 6.92 Å². The number of nitrogens with two attached hydrogens (primary N) is 1. The van der Waals surface area contributed by atoms with Gasteiger partial charge in [-0.3, -0.25) is 9.59 Å². The second-order valence-corrected chi connectivity index (χ2v) is 7.30. The molecule has 1 aromatic rings. The number of oxime groups is 1. The van der Waals surface area contributed by atoms with Crippen molar-refractivity contribution in [3.05, 3.63) is 23.3 Å². The molecule has 28 heavy (non-hydrogen) atoms. The normalized spacial score (nSPS) is 11.3. The Labute approximate surface area is 169 Å². The number of amidine groups is 1. The van der Waals surface area contributed by atoms with Gasteiger partial charge in [0.2, 0.25) is 0 Å². The van der Waals surface area contributed by atoms with Crippen LogP contribution in [0.3, 0.4) is 0 Å². The maximum Gasteiger partial charge on any atom is 0.328 e. The minimum atomic E-state index is -0.558. The lowest BCUT2D eigenvalue weighted by atomic mass is 10.0. The van der Waals surface area contributed by atoms with Crippen molar-refractivity contribution in [3.63, 3.8) is 0 Å². The third kappa shape index (κ3) is 8.08. The lowest BCUT2D eigenvalue weighted by Crippen LogP contribution is -2.20. The van der Waals surface area contributed by atoms with E-state index in [1.807, 2.05) is 6.92 Å². The molecule has 0 bridgehead atoms. The van der Waals surface area contributed by atoms with Crippen LogP contribution in [0.15, 0.2) is 17.3 Å². The van der Waals surface area contributed by atoms with Gasteiger partial charge in [-0.05, 0) is 49.2 Å². The summed E-state index contributed by atoms with van der Waals surface area (Å²) in [7, 11) is 0. The number of thioether (sulfide) groups is 1. The van der Waals surface area contributed by atoms with Crippen molar-refractivity contribution in [1.82, 2.24) is 0 Å². The summed E-state index contributed by atoms with van der Waals surface area (Å²) in [4.78, 5) is 22.9. The smallest absolute Gasteiger partial charge is 0.328 e. The maximum atomic E-state index is 11.6. The predicted octanol–water partition coefficient (Wildman–Crippen LogP) is 3.08. The van der Waals surface area contributed by atoms with E-state index < -0.39 is 12.0 Å². The summed E-state index contributed by atoms with van der Waals surface area (Å²) in [6, 6.07) is 2.77. The Kier molecular flexibility index (Phi) is 10.9. The third-order valence-electron chi connectivity index (χ3n) is 3.83. The average molecular weight is 413 g/mol. The Bertz CT molecular complexity index is 693. The van der Waals surface area contributed by atoms with Gasteiger partial charge in [0.15, 0.2) is 5.78 Å². The van der Waals surface area contributed by atoms with Crippen molar-refractivity contribution < 1.29 is 29.4 Å². The molecule has 0 saturated carbocycles. The van der Waals surface area contributed by atoms with Crippen LogP contribution in [0.4, 0.5) is 0 Å². The van der Waals surface area contributed by atoms with E-state index in [1.54, 1.807) is 23.9 Å². The van der Waals surface area contributed by atoms with Gasteiger partial charge in [-0.25, -0.2) is 0 Å². The van der Waals surface area contributed by atoms with Crippen LogP contribution >= 0.6 is 11.8 Å². The predicted molar refractivity (Wildman–Crippen MR) is 108 cm³/mol. The molecule has 0 aromatic heterocycles. The van der Waals surface area contributed by atoms with Gasteiger partial charge in [0, 0.05) is 11.3 Å². The second kappa shape index (κ2) is 12.9. The highest BCUT2D eigenvalue weighted by Gasteiger charge is 2.15. The van der Waals surface area contributed by atoms with Crippen LogP contribution in [0.2, 0.25) is 0 Å². The number of hydrogen-bond acceptors (Lipinski definition) is 8. The minimum Gasteiger partial charge on any atom is -0.507 e. The van der Waals surface area contributed by atoms with E-state index in [0.717, 1.165) is 25.0 Å². The Morgan fingerprint density at radius 2 is 2.00 bits per heavy atom. The van der Waals surface area contributed by atoms with Crippen molar-refractivity contribution in [3.8, 4) is 11.5 Å². The van der Waals surface area contributed by atoms with E-state index >= 15 is 0 Å². The highest BCUT2D eigenvalue weighted by molar-refractivity contribution is 7.99. The summed E-state index contributed by atoms with van der Waals surface area (Å²) in [5.74, 6) is 1.36. The molecule has 1 aromatic carbocycles. The van der Waals surface area contributed by atoms with Gasteiger partial charge in [0.1, 0.15) is 11.5 Å². The molecule has 0 heterocycles.